The minimum Gasteiger partial charge on any atom is -0.422 e. The molecule has 202 valence electrons. The van der Waals surface area contributed by atoms with Crippen LogP contribution in [-0.2, 0) is 32.3 Å². The molecule has 39 heavy (non-hydrogen) atoms. The van der Waals surface area contributed by atoms with E-state index in [9.17, 15) is 16.8 Å². The molecule has 0 amide bonds. The maximum Gasteiger partial charge on any atom is 0.274 e. The Balaban J connectivity index is 1.57. The number of fused-ring (bicyclic) bond motifs is 1. The van der Waals surface area contributed by atoms with E-state index < -0.39 is 37.6 Å². The summed E-state index contributed by atoms with van der Waals surface area (Å²) in [5.74, 6) is -0.850. The van der Waals surface area contributed by atoms with Gasteiger partial charge in [0.15, 0.2) is 15.1 Å². The van der Waals surface area contributed by atoms with Crippen LogP contribution < -0.4 is 9.86 Å². The van der Waals surface area contributed by atoms with Gasteiger partial charge in [-0.15, -0.1) is 21.5 Å². The normalized spacial score (nSPS) is 13.1. The number of rotatable bonds is 9. The van der Waals surface area contributed by atoms with Crippen LogP contribution in [-0.4, -0.2) is 32.0 Å². The molecule has 1 atom stereocenters. The first kappa shape index (κ1) is 27.6. The second-order valence-electron chi connectivity index (χ2n) is 8.44. The lowest BCUT2D eigenvalue weighted by Gasteiger charge is -2.12. The van der Waals surface area contributed by atoms with Crippen molar-refractivity contribution < 1.29 is 21.3 Å². The first-order chi connectivity index (χ1) is 18.5. The van der Waals surface area contributed by atoms with Gasteiger partial charge in [-0.2, -0.15) is 13.1 Å². The fraction of sp³-hybridized carbons (Fsp3) is 0.125. The summed E-state index contributed by atoms with van der Waals surface area (Å²) in [6.45, 7) is -0.411. The Bertz CT molecular complexity index is 1880. The summed E-state index contributed by atoms with van der Waals surface area (Å²) in [4.78, 5) is 4.59. The predicted molar refractivity (Wildman–Crippen MR) is 150 cm³/mol. The first-order valence-corrected chi connectivity index (χ1v) is 16.0. The average Bonchev–Trinajstić information content (AvgIpc) is 3.51. The lowest BCUT2D eigenvalue weighted by Crippen LogP contribution is -2.30. The average molecular weight is 625 g/mol. The summed E-state index contributed by atoms with van der Waals surface area (Å²) in [5, 5.41) is 12.0. The lowest BCUT2D eigenvalue weighted by atomic mass is 10.1. The fourth-order valence-electron chi connectivity index (χ4n) is 3.83. The second-order valence-corrected chi connectivity index (χ2v) is 13.8. The molecule has 0 aliphatic carbocycles. The minimum absolute atomic E-state index is 0.166. The number of aromatic nitrogens is 3. The number of benzene rings is 3. The van der Waals surface area contributed by atoms with Crippen LogP contribution >= 0.6 is 34.5 Å². The highest BCUT2D eigenvalue weighted by Gasteiger charge is 2.37. The first-order valence-electron chi connectivity index (χ1n) is 11.2. The van der Waals surface area contributed by atoms with Gasteiger partial charge in [0.05, 0.1) is 32.6 Å². The van der Waals surface area contributed by atoms with Crippen LogP contribution in [0.1, 0.15) is 27.6 Å². The Morgan fingerprint density at radius 3 is 2.41 bits per heavy atom. The smallest absolute Gasteiger partial charge is 0.274 e. The predicted octanol–water partition coefficient (Wildman–Crippen LogP) is 4.65. The number of nitrogens with zero attached hydrogens (tertiary/aromatic N) is 3. The van der Waals surface area contributed by atoms with Gasteiger partial charge in [0.2, 0.25) is 11.8 Å². The summed E-state index contributed by atoms with van der Waals surface area (Å²) in [7, 11) is -8.10. The van der Waals surface area contributed by atoms with Gasteiger partial charge in [-0.05, 0) is 41.0 Å². The van der Waals surface area contributed by atoms with Gasteiger partial charge in [0, 0.05) is 0 Å². The molecule has 0 aliphatic rings. The third kappa shape index (κ3) is 6.47. The van der Waals surface area contributed by atoms with Gasteiger partial charge in [-0.3, -0.25) is 0 Å². The molecule has 5 rings (SSSR count). The van der Waals surface area contributed by atoms with Gasteiger partial charge in [0.1, 0.15) is 5.01 Å². The van der Waals surface area contributed by atoms with E-state index in [1.807, 2.05) is 53.3 Å². The topological polar surface area (TPSA) is 158 Å². The van der Waals surface area contributed by atoms with Crippen LogP contribution in [0.15, 0.2) is 71.1 Å². The van der Waals surface area contributed by atoms with Gasteiger partial charge in [-0.1, -0.05) is 65.7 Å². The van der Waals surface area contributed by atoms with Crippen molar-refractivity contribution in [2.24, 2.45) is 5.14 Å². The van der Waals surface area contributed by atoms with Crippen molar-refractivity contribution in [3.63, 3.8) is 0 Å². The van der Waals surface area contributed by atoms with Crippen molar-refractivity contribution in [3.05, 3.63) is 99.1 Å². The Labute approximate surface area is 237 Å². The zero-order chi connectivity index (χ0) is 27.8. The monoisotopic (exact) mass is 623 g/mol. The van der Waals surface area contributed by atoms with Crippen molar-refractivity contribution in [2.45, 2.75) is 17.5 Å². The Hall–Kier alpha value is -2.91. The summed E-state index contributed by atoms with van der Waals surface area (Å²) in [6.07, 6.45) is 0. The molecule has 0 spiro atoms. The molecule has 3 aromatic carbocycles. The van der Waals surface area contributed by atoms with E-state index in [-0.39, 0.29) is 21.8 Å². The number of nitrogens with two attached hydrogens (primary N) is 1. The molecule has 1 unspecified atom stereocenters. The van der Waals surface area contributed by atoms with Crippen molar-refractivity contribution in [3.8, 4) is 11.1 Å². The van der Waals surface area contributed by atoms with Crippen LogP contribution in [0.25, 0.3) is 21.3 Å². The van der Waals surface area contributed by atoms with E-state index in [1.54, 1.807) is 6.07 Å². The molecule has 0 bridgehead atoms. The van der Waals surface area contributed by atoms with Crippen LogP contribution in [0, 0.1) is 0 Å². The Morgan fingerprint density at radius 2 is 1.69 bits per heavy atom. The molecule has 10 nitrogen and oxygen atoms in total. The number of nitrogens with one attached hydrogen (secondary N) is 1. The summed E-state index contributed by atoms with van der Waals surface area (Å²) in [6, 6.07) is 19.9. The molecule has 0 radical (unpaired) electrons. The van der Waals surface area contributed by atoms with Gasteiger partial charge < -0.3 is 4.42 Å². The van der Waals surface area contributed by atoms with E-state index in [4.69, 9.17) is 32.8 Å². The number of hydrogen-bond acceptors (Lipinski definition) is 9. The summed E-state index contributed by atoms with van der Waals surface area (Å²) < 4.78 is 58.5. The Morgan fingerprint density at radius 1 is 0.923 bits per heavy atom. The van der Waals surface area contributed by atoms with Crippen molar-refractivity contribution >= 4 is 64.8 Å². The molecule has 2 aromatic heterocycles. The molecule has 2 heterocycles. The number of thiazole rings is 1. The van der Waals surface area contributed by atoms with E-state index in [0.29, 0.717) is 16.1 Å². The minimum atomic E-state index is -4.06. The van der Waals surface area contributed by atoms with Crippen molar-refractivity contribution in [1.29, 1.82) is 0 Å². The van der Waals surface area contributed by atoms with Crippen molar-refractivity contribution in [1.82, 2.24) is 19.9 Å². The van der Waals surface area contributed by atoms with E-state index in [0.717, 1.165) is 15.8 Å². The number of hydrogen-bond donors (Lipinski definition) is 2. The zero-order valence-corrected chi connectivity index (χ0v) is 23.7. The van der Waals surface area contributed by atoms with E-state index >= 15 is 0 Å². The SMILES string of the molecule is NS(=O)(=O)NCc1nnc(C(c2nc3ccc(-c4ccccc4)cc3s2)S(=O)(=O)Cc2ccc(Cl)c(Cl)c2)o1. The van der Waals surface area contributed by atoms with E-state index in [2.05, 4.69) is 15.2 Å². The molecule has 15 heteroatoms. The highest BCUT2D eigenvalue weighted by atomic mass is 35.5. The summed E-state index contributed by atoms with van der Waals surface area (Å²) in [5.41, 5.74) is 2.95. The maximum atomic E-state index is 13.8. The maximum absolute atomic E-state index is 13.8. The summed E-state index contributed by atoms with van der Waals surface area (Å²) >= 11 is 13.3. The molecule has 0 aliphatic heterocycles. The molecule has 0 saturated carbocycles. The van der Waals surface area contributed by atoms with Crippen LogP contribution in [0.4, 0.5) is 0 Å². The quantitative estimate of drug-likeness (QED) is 0.240. The largest absolute Gasteiger partial charge is 0.422 e. The Kier molecular flexibility index (Phi) is 7.75. The third-order valence-corrected chi connectivity index (χ3v) is 9.98. The molecule has 5 aromatic rings. The number of sulfone groups is 1. The highest BCUT2D eigenvalue weighted by Crippen LogP contribution is 2.38. The van der Waals surface area contributed by atoms with Crippen LogP contribution in [0.2, 0.25) is 10.0 Å². The van der Waals surface area contributed by atoms with Crippen molar-refractivity contribution in [2.75, 3.05) is 0 Å². The second kappa shape index (κ2) is 10.9. The zero-order valence-electron chi connectivity index (χ0n) is 19.8. The van der Waals surface area contributed by atoms with Gasteiger partial charge in [0.25, 0.3) is 10.2 Å². The van der Waals surface area contributed by atoms with Crippen LogP contribution in [0.5, 0.6) is 0 Å². The standard InChI is InChI=1S/C24H19Cl2N5O5S3/c25-17-8-6-14(10-18(17)26)13-38(32,33)22(23-31-30-21(36-23)12-28-39(27,34)35)24-29-19-9-7-16(11-20(19)37-24)15-4-2-1-3-5-15/h1-11,22,28H,12-13H2,(H2,27,34,35). The van der Waals surface area contributed by atoms with Gasteiger partial charge in [-0.25, -0.2) is 18.5 Å². The lowest BCUT2D eigenvalue weighted by molar-refractivity contribution is 0.443. The molecular formula is C24H19Cl2N5O5S3. The highest BCUT2D eigenvalue weighted by molar-refractivity contribution is 7.91. The molecule has 3 N–H and O–H groups in total. The fourth-order valence-corrected chi connectivity index (χ4v) is 7.61. The molecular weight excluding hydrogens is 605 g/mol. The van der Waals surface area contributed by atoms with E-state index in [1.165, 1.54) is 23.5 Å². The molecule has 0 fully saturated rings. The van der Waals surface area contributed by atoms with Crippen LogP contribution in [0.3, 0.4) is 0 Å². The molecule has 0 saturated heterocycles. The van der Waals surface area contributed by atoms with Gasteiger partial charge >= 0.3 is 0 Å². The number of halogens is 2. The third-order valence-electron chi connectivity index (χ3n) is 5.58.